The Morgan fingerprint density at radius 3 is 2.80 bits per heavy atom. The lowest BCUT2D eigenvalue weighted by atomic mass is 10.2. The van der Waals surface area contributed by atoms with Gasteiger partial charge in [0.05, 0.1) is 6.61 Å². The first-order chi connectivity index (χ1) is 9.69. The summed E-state index contributed by atoms with van der Waals surface area (Å²) in [7, 11) is 0. The number of nitrogens with one attached hydrogen (secondary N) is 1. The maximum atomic E-state index is 11.7. The number of carbonyl (C=O) groups excluding carboxylic acids is 1. The highest BCUT2D eigenvalue weighted by molar-refractivity contribution is 5.84. The van der Waals surface area contributed by atoms with Crippen LogP contribution in [0.25, 0.3) is 0 Å². The molecular formula is C14H15N3O3. The van der Waals surface area contributed by atoms with Gasteiger partial charge in [-0.1, -0.05) is 30.3 Å². The molecule has 2 rings (SSSR count). The predicted molar refractivity (Wildman–Crippen MR) is 72.9 cm³/mol. The van der Waals surface area contributed by atoms with E-state index in [2.05, 4.69) is 15.3 Å². The SMILES string of the molecule is Cc1ncc(CO)c(NC(=O)OCc2ccccc2)n1. The largest absolute Gasteiger partial charge is 0.444 e. The van der Waals surface area contributed by atoms with Crippen LogP contribution in [0.5, 0.6) is 0 Å². The Labute approximate surface area is 116 Å². The van der Waals surface area contributed by atoms with Crippen LogP contribution >= 0.6 is 0 Å². The molecule has 0 fully saturated rings. The lowest BCUT2D eigenvalue weighted by Gasteiger charge is -2.09. The van der Waals surface area contributed by atoms with Crippen molar-refractivity contribution in [3.63, 3.8) is 0 Å². The minimum atomic E-state index is -0.623. The van der Waals surface area contributed by atoms with E-state index in [-0.39, 0.29) is 19.0 Å². The second kappa shape index (κ2) is 6.63. The third-order valence-corrected chi connectivity index (χ3v) is 2.59. The molecule has 1 aromatic heterocycles. The standard InChI is InChI=1S/C14H15N3O3/c1-10-15-7-12(8-18)13(16-10)17-14(19)20-9-11-5-3-2-4-6-11/h2-7,18H,8-9H2,1H3,(H,15,16,17,19). The van der Waals surface area contributed by atoms with Crippen LogP contribution in [-0.2, 0) is 18.0 Å². The van der Waals surface area contributed by atoms with Crippen molar-refractivity contribution in [2.24, 2.45) is 0 Å². The highest BCUT2D eigenvalue weighted by Gasteiger charge is 2.10. The number of aromatic nitrogens is 2. The molecule has 20 heavy (non-hydrogen) atoms. The van der Waals surface area contributed by atoms with Crippen molar-refractivity contribution in [3.05, 3.63) is 53.5 Å². The molecule has 0 unspecified atom stereocenters. The topological polar surface area (TPSA) is 84.3 Å². The molecule has 6 nitrogen and oxygen atoms in total. The summed E-state index contributed by atoms with van der Waals surface area (Å²) in [5, 5.41) is 11.7. The average molecular weight is 273 g/mol. The molecule has 0 spiro atoms. The summed E-state index contributed by atoms with van der Waals surface area (Å²) < 4.78 is 5.08. The molecule has 0 saturated heterocycles. The number of aliphatic hydroxyl groups excluding tert-OH is 1. The molecule has 0 aliphatic heterocycles. The van der Waals surface area contributed by atoms with Gasteiger partial charge in [0.2, 0.25) is 0 Å². The number of anilines is 1. The van der Waals surface area contributed by atoms with Gasteiger partial charge in [-0.15, -0.1) is 0 Å². The maximum absolute atomic E-state index is 11.7. The maximum Gasteiger partial charge on any atom is 0.413 e. The first-order valence-corrected chi connectivity index (χ1v) is 6.10. The second-order valence-electron chi connectivity index (χ2n) is 4.14. The zero-order valence-corrected chi connectivity index (χ0v) is 11.0. The number of benzene rings is 1. The van der Waals surface area contributed by atoms with Crippen LogP contribution in [0.15, 0.2) is 36.5 Å². The average Bonchev–Trinajstić information content (AvgIpc) is 2.46. The fourth-order valence-electron chi connectivity index (χ4n) is 1.57. The van der Waals surface area contributed by atoms with E-state index in [9.17, 15) is 4.79 Å². The fourth-order valence-corrected chi connectivity index (χ4v) is 1.57. The number of amides is 1. The molecule has 0 atom stereocenters. The number of hydrogen-bond acceptors (Lipinski definition) is 5. The van der Waals surface area contributed by atoms with Crippen LogP contribution in [0, 0.1) is 6.92 Å². The van der Waals surface area contributed by atoms with E-state index in [0.717, 1.165) is 5.56 Å². The lowest BCUT2D eigenvalue weighted by molar-refractivity contribution is 0.155. The Bertz CT molecular complexity index is 587. The van der Waals surface area contributed by atoms with Crippen LogP contribution in [0.1, 0.15) is 17.0 Å². The number of aliphatic hydroxyl groups is 1. The molecule has 0 saturated carbocycles. The Hall–Kier alpha value is -2.47. The van der Waals surface area contributed by atoms with Gasteiger partial charge in [0.1, 0.15) is 18.2 Å². The van der Waals surface area contributed by atoms with E-state index in [4.69, 9.17) is 9.84 Å². The van der Waals surface area contributed by atoms with Gasteiger partial charge in [-0.05, 0) is 12.5 Å². The highest BCUT2D eigenvalue weighted by Crippen LogP contribution is 2.12. The molecule has 104 valence electrons. The van der Waals surface area contributed by atoms with Gasteiger partial charge in [0.15, 0.2) is 0 Å². The van der Waals surface area contributed by atoms with Crippen LogP contribution < -0.4 is 5.32 Å². The van der Waals surface area contributed by atoms with Crippen LogP contribution in [0.2, 0.25) is 0 Å². The van der Waals surface area contributed by atoms with Gasteiger partial charge in [-0.25, -0.2) is 14.8 Å². The summed E-state index contributed by atoms with van der Waals surface area (Å²) in [6.45, 7) is 1.61. The van der Waals surface area contributed by atoms with Gasteiger partial charge in [-0.3, -0.25) is 5.32 Å². The number of hydrogen-bond donors (Lipinski definition) is 2. The van der Waals surface area contributed by atoms with Gasteiger partial charge in [0, 0.05) is 11.8 Å². The van der Waals surface area contributed by atoms with E-state index >= 15 is 0 Å². The summed E-state index contributed by atoms with van der Waals surface area (Å²) in [4.78, 5) is 19.7. The molecule has 6 heteroatoms. The number of ether oxygens (including phenoxy) is 1. The molecule has 0 aliphatic carbocycles. The summed E-state index contributed by atoms with van der Waals surface area (Å²) in [5.41, 5.74) is 1.33. The quantitative estimate of drug-likeness (QED) is 0.890. The summed E-state index contributed by atoms with van der Waals surface area (Å²) in [6, 6.07) is 9.35. The predicted octanol–water partition coefficient (Wildman–Crippen LogP) is 2.03. The molecule has 1 aromatic carbocycles. The first-order valence-electron chi connectivity index (χ1n) is 6.10. The number of carbonyl (C=O) groups is 1. The molecule has 0 radical (unpaired) electrons. The van der Waals surface area contributed by atoms with Gasteiger partial charge >= 0.3 is 6.09 Å². The Morgan fingerprint density at radius 2 is 2.10 bits per heavy atom. The zero-order chi connectivity index (χ0) is 14.4. The summed E-state index contributed by atoms with van der Waals surface area (Å²) in [5.74, 6) is 0.763. The van der Waals surface area contributed by atoms with E-state index in [1.807, 2.05) is 30.3 Å². The van der Waals surface area contributed by atoms with E-state index < -0.39 is 6.09 Å². The molecule has 1 amide bonds. The third-order valence-electron chi connectivity index (χ3n) is 2.59. The molecule has 2 aromatic rings. The molecule has 0 bridgehead atoms. The zero-order valence-electron chi connectivity index (χ0n) is 11.0. The van der Waals surface area contributed by atoms with Gasteiger partial charge in [0.25, 0.3) is 0 Å². The van der Waals surface area contributed by atoms with Gasteiger partial charge < -0.3 is 9.84 Å². The van der Waals surface area contributed by atoms with Crippen LogP contribution in [0.3, 0.4) is 0 Å². The first kappa shape index (κ1) is 14.0. The van der Waals surface area contributed by atoms with Gasteiger partial charge in [-0.2, -0.15) is 0 Å². The normalized spacial score (nSPS) is 10.1. The van der Waals surface area contributed by atoms with E-state index in [1.54, 1.807) is 6.92 Å². The number of nitrogens with zero attached hydrogens (tertiary/aromatic N) is 2. The summed E-state index contributed by atoms with van der Waals surface area (Å²) in [6.07, 6.45) is 0.844. The minimum absolute atomic E-state index is 0.172. The van der Waals surface area contributed by atoms with Crippen LogP contribution in [0.4, 0.5) is 10.6 Å². The molecule has 1 heterocycles. The number of rotatable bonds is 4. The lowest BCUT2D eigenvalue weighted by Crippen LogP contribution is -2.16. The van der Waals surface area contributed by atoms with Crippen molar-refractivity contribution < 1.29 is 14.6 Å². The molecular weight excluding hydrogens is 258 g/mol. The monoisotopic (exact) mass is 273 g/mol. The summed E-state index contributed by atoms with van der Waals surface area (Å²) >= 11 is 0. The van der Waals surface area contributed by atoms with Crippen LogP contribution in [-0.4, -0.2) is 21.2 Å². The third kappa shape index (κ3) is 3.76. The smallest absolute Gasteiger partial charge is 0.413 e. The number of aryl methyl sites for hydroxylation is 1. The molecule has 2 N–H and O–H groups in total. The van der Waals surface area contributed by atoms with Crippen molar-refractivity contribution in [2.45, 2.75) is 20.1 Å². The minimum Gasteiger partial charge on any atom is -0.444 e. The van der Waals surface area contributed by atoms with Crippen molar-refractivity contribution in [1.82, 2.24) is 9.97 Å². The van der Waals surface area contributed by atoms with Crippen molar-refractivity contribution in [2.75, 3.05) is 5.32 Å². The van der Waals surface area contributed by atoms with Crippen molar-refractivity contribution >= 4 is 11.9 Å². The fraction of sp³-hybridized carbons (Fsp3) is 0.214. The van der Waals surface area contributed by atoms with E-state index in [1.165, 1.54) is 6.20 Å². The van der Waals surface area contributed by atoms with Crippen molar-refractivity contribution in [3.8, 4) is 0 Å². The Kier molecular flexibility index (Phi) is 4.62. The second-order valence-corrected chi connectivity index (χ2v) is 4.14. The Morgan fingerprint density at radius 1 is 1.35 bits per heavy atom. The molecule has 0 aliphatic rings. The Balaban J connectivity index is 1.96. The van der Waals surface area contributed by atoms with E-state index in [0.29, 0.717) is 11.4 Å². The van der Waals surface area contributed by atoms with Crippen molar-refractivity contribution in [1.29, 1.82) is 0 Å². The highest BCUT2D eigenvalue weighted by atomic mass is 16.5.